The highest BCUT2D eigenvalue weighted by Crippen LogP contribution is 2.42. The Morgan fingerprint density at radius 2 is 1.77 bits per heavy atom. The molecule has 30 heavy (non-hydrogen) atoms. The van der Waals surface area contributed by atoms with Crippen molar-refractivity contribution in [3.05, 3.63) is 94.4 Å². The van der Waals surface area contributed by atoms with Gasteiger partial charge >= 0.3 is 0 Å². The van der Waals surface area contributed by atoms with E-state index in [0.717, 1.165) is 23.1 Å². The number of ketones is 1. The first-order chi connectivity index (χ1) is 14.4. The van der Waals surface area contributed by atoms with Crippen LogP contribution >= 0.6 is 0 Å². The fourth-order valence-corrected chi connectivity index (χ4v) is 3.74. The molecule has 152 valence electrons. The Kier molecular flexibility index (Phi) is 5.04. The van der Waals surface area contributed by atoms with E-state index in [1.807, 2.05) is 45.0 Å². The average Bonchev–Trinajstić information content (AvgIpc) is 3.37. The van der Waals surface area contributed by atoms with E-state index in [4.69, 9.17) is 4.42 Å². The molecular formula is C25H23NO4. The van der Waals surface area contributed by atoms with Gasteiger partial charge in [-0.2, -0.15) is 0 Å². The van der Waals surface area contributed by atoms with Gasteiger partial charge in [-0.1, -0.05) is 37.3 Å². The molecule has 2 heterocycles. The minimum absolute atomic E-state index is 0.0254. The lowest BCUT2D eigenvalue weighted by Crippen LogP contribution is -2.29. The molecule has 1 saturated heterocycles. The zero-order valence-corrected chi connectivity index (χ0v) is 17.2. The summed E-state index contributed by atoms with van der Waals surface area (Å²) >= 11 is 0. The number of hydrogen-bond donors (Lipinski definition) is 1. The van der Waals surface area contributed by atoms with Crippen molar-refractivity contribution in [3.63, 3.8) is 0 Å². The van der Waals surface area contributed by atoms with E-state index in [9.17, 15) is 14.7 Å². The van der Waals surface area contributed by atoms with Gasteiger partial charge in [0, 0.05) is 11.3 Å². The fourth-order valence-electron chi connectivity index (χ4n) is 3.74. The number of furan rings is 1. The zero-order chi connectivity index (χ0) is 21.4. The zero-order valence-electron chi connectivity index (χ0n) is 17.2. The first kappa shape index (κ1) is 19.7. The molecule has 0 radical (unpaired) electrons. The average molecular weight is 401 g/mol. The standard InChI is InChI=1S/C25H23NO4/c1-4-17-8-10-18(11-9-17)23(27)21-22(20-6-5-13-30-20)26(25(29)24(21)28)19-12-7-15(2)16(3)14-19/h5-14,22,27H,4H2,1-3H3/b23-21-. The predicted molar refractivity (Wildman–Crippen MR) is 115 cm³/mol. The first-order valence-corrected chi connectivity index (χ1v) is 9.93. The number of Topliss-reactive ketones (excluding diaryl/α,β-unsaturated/α-hetero) is 1. The Hall–Kier alpha value is -3.60. The number of amides is 1. The second kappa shape index (κ2) is 7.67. The number of aryl methyl sites for hydroxylation is 3. The molecule has 1 unspecified atom stereocenters. The lowest BCUT2D eigenvalue weighted by molar-refractivity contribution is -0.132. The van der Waals surface area contributed by atoms with Gasteiger partial charge in [-0.3, -0.25) is 14.5 Å². The highest BCUT2D eigenvalue weighted by molar-refractivity contribution is 6.51. The highest BCUT2D eigenvalue weighted by atomic mass is 16.3. The van der Waals surface area contributed by atoms with E-state index in [1.165, 1.54) is 11.2 Å². The van der Waals surface area contributed by atoms with Crippen LogP contribution in [0.1, 0.15) is 41.0 Å². The van der Waals surface area contributed by atoms with Crippen LogP contribution in [0.2, 0.25) is 0 Å². The summed E-state index contributed by atoms with van der Waals surface area (Å²) in [5.41, 5.74) is 4.30. The molecule has 1 fully saturated rings. The lowest BCUT2D eigenvalue weighted by Gasteiger charge is -2.24. The second-order valence-electron chi connectivity index (χ2n) is 7.50. The molecule has 4 rings (SSSR count). The van der Waals surface area contributed by atoms with Gasteiger partial charge in [0.15, 0.2) is 0 Å². The van der Waals surface area contributed by atoms with Gasteiger partial charge in [0.2, 0.25) is 0 Å². The lowest BCUT2D eigenvalue weighted by atomic mass is 9.98. The van der Waals surface area contributed by atoms with E-state index >= 15 is 0 Å². The van der Waals surface area contributed by atoms with Gasteiger partial charge in [0.25, 0.3) is 11.7 Å². The number of carbonyl (C=O) groups excluding carboxylic acids is 2. The van der Waals surface area contributed by atoms with Gasteiger partial charge < -0.3 is 9.52 Å². The molecule has 1 aromatic heterocycles. The smallest absolute Gasteiger partial charge is 0.300 e. The predicted octanol–water partition coefficient (Wildman–Crippen LogP) is 5.09. The highest BCUT2D eigenvalue weighted by Gasteiger charge is 2.48. The van der Waals surface area contributed by atoms with Crippen LogP contribution in [0.15, 0.2) is 70.9 Å². The normalized spacial score (nSPS) is 18.2. The van der Waals surface area contributed by atoms with E-state index in [2.05, 4.69) is 0 Å². The molecule has 2 aromatic carbocycles. The molecule has 0 saturated carbocycles. The van der Waals surface area contributed by atoms with Crippen molar-refractivity contribution in [3.8, 4) is 0 Å². The largest absolute Gasteiger partial charge is 0.507 e. The number of aliphatic hydroxyl groups is 1. The molecule has 0 aliphatic carbocycles. The number of nitrogens with zero attached hydrogens (tertiary/aromatic N) is 1. The Morgan fingerprint density at radius 1 is 1.03 bits per heavy atom. The van der Waals surface area contributed by atoms with Crippen LogP contribution in [0.5, 0.6) is 0 Å². The van der Waals surface area contributed by atoms with Gasteiger partial charge in [-0.05, 0) is 61.2 Å². The summed E-state index contributed by atoms with van der Waals surface area (Å²) in [7, 11) is 0. The third-order valence-corrected chi connectivity index (χ3v) is 5.66. The second-order valence-corrected chi connectivity index (χ2v) is 7.50. The number of anilines is 1. The quantitative estimate of drug-likeness (QED) is 0.376. The summed E-state index contributed by atoms with van der Waals surface area (Å²) in [5, 5.41) is 11.0. The fraction of sp³-hybridized carbons (Fsp3) is 0.200. The molecule has 0 bridgehead atoms. The van der Waals surface area contributed by atoms with Crippen LogP contribution in [0.25, 0.3) is 5.76 Å². The Bertz CT molecular complexity index is 1140. The van der Waals surface area contributed by atoms with Crippen LogP contribution in [0, 0.1) is 13.8 Å². The number of aliphatic hydroxyl groups excluding tert-OH is 1. The van der Waals surface area contributed by atoms with E-state index in [0.29, 0.717) is 17.0 Å². The third-order valence-electron chi connectivity index (χ3n) is 5.66. The van der Waals surface area contributed by atoms with Crippen LogP contribution in [0.3, 0.4) is 0 Å². The molecular weight excluding hydrogens is 378 g/mol. The summed E-state index contributed by atoms with van der Waals surface area (Å²) < 4.78 is 5.58. The number of carbonyl (C=O) groups is 2. The van der Waals surface area contributed by atoms with E-state index < -0.39 is 17.7 Å². The Balaban J connectivity index is 1.90. The monoisotopic (exact) mass is 401 g/mol. The topological polar surface area (TPSA) is 70.8 Å². The molecule has 1 atom stereocenters. The summed E-state index contributed by atoms with van der Waals surface area (Å²) in [6.07, 6.45) is 2.36. The van der Waals surface area contributed by atoms with Gasteiger partial charge in [-0.15, -0.1) is 0 Å². The van der Waals surface area contributed by atoms with Crippen LogP contribution in [-0.4, -0.2) is 16.8 Å². The molecule has 3 aromatic rings. The number of hydrogen-bond acceptors (Lipinski definition) is 4. The van der Waals surface area contributed by atoms with Crippen LogP contribution in [-0.2, 0) is 16.0 Å². The third kappa shape index (κ3) is 3.22. The summed E-state index contributed by atoms with van der Waals surface area (Å²) in [4.78, 5) is 27.5. The molecule has 0 spiro atoms. The Labute approximate surface area is 175 Å². The summed E-state index contributed by atoms with van der Waals surface area (Å²) in [5.74, 6) is -1.21. The molecule has 5 nitrogen and oxygen atoms in total. The molecule has 1 aliphatic heterocycles. The molecule has 1 aliphatic rings. The molecule has 1 N–H and O–H groups in total. The van der Waals surface area contributed by atoms with Crippen molar-refractivity contribution in [1.29, 1.82) is 0 Å². The van der Waals surface area contributed by atoms with Crippen molar-refractivity contribution in [2.24, 2.45) is 0 Å². The maximum atomic E-state index is 13.0. The van der Waals surface area contributed by atoms with Gasteiger partial charge in [0.1, 0.15) is 17.6 Å². The summed E-state index contributed by atoms with van der Waals surface area (Å²) in [6, 6.07) is 15.5. The number of benzene rings is 2. The molecule has 5 heteroatoms. The number of rotatable bonds is 4. The SMILES string of the molecule is CCc1ccc(/C(O)=C2/C(=O)C(=O)N(c3ccc(C)c(C)c3)C2c2ccco2)cc1. The van der Waals surface area contributed by atoms with E-state index in [-0.39, 0.29) is 11.3 Å². The van der Waals surface area contributed by atoms with Crippen molar-refractivity contribution in [2.45, 2.75) is 33.2 Å². The minimum Gasteiger partial charge on any atom is -0.507 e. The van der Waals surface area contributed by atoms with E-state index in [1.54, 1.807) is 30.3 Å². The van der Waals surface area contributed by atoms with Crippen molar-refractivity contribution >= 4 is 23.1 Å². The summed E-state index contributed by atoms with van der Waals surface area (Å²) in [6.45, 7) is 5.98. The molecule has 1 amide bonds. The minimum atomic E-state index is -0.840. The van der Waals surface area contributed by atoms with Gasteiger partial charge in [0.05, 0.1) is 11.8 Å². The van der Waals surface area contributed by atoms with Crippen molar-refractivity contribution < 1.29 is 19.1 Å². The van der Waals surface area contributed by atoms with Crippen molar-refractivity contribution in [1.82, 2.24) is 0 Å². The first-order valence-electron chi connectivity index (χ1n) is 9.93. The van der Waals surface area contributed by atoms with Crippen LogP contribution < -0.4 is 4.90 Å². The maximum absolute atomic E-state index is 13.0. The Morgan fingerprint density at radius 3 is 2.37 bits per heavy atom. The van der Waals surface area contributed by atoms with Gasteiger partial charge in [-0.25, -0.2) is 0 Å². The maximum Gasteiger partial charge on any atom is 0.300 e. The van der Waals surface area contributed by atoms with Crippen molar-refractivity contribution in [2.75, 3.05) is 4.90 Å². The van der Waals surface area contributed by atoms with Crippen LogP contribution in [0.4, 0.5) is 5.69 Å².